The van der Waals surface area contributed by atoms with E-state index in [1.165, 1.54) is 24.6 Å². The summed E-state index contributed by atoms with van der Waals surface area (Å²) < 4.78 is 0.783. The van der Waals surface area contributed by atoms with Gasteiger partial charge in [-0.2, -0.15) is 23.5 Å². The molecule has 0 aromatic carbocycles. The first kappa shape index (κ1) is 18.7. The summed E-state index contributed by atoms with van der Waals surface area (Å²) in [5.74, 6) is 2.48. The van der Waals surface area contributed by atoms with E-state index in [4.69, 9.17) is 0 Å². The lowest BCUT2D eigenvalue weighted by Crippen LogP contribution is -2.35. The van der Waals surface area contributed by atoms with Gasteiger partial charge in [0.15, 0.2) is 0 Å². The second-order valence-electron chi connectivity index (χ2n) is 7.05. The van der Waals surface area contributed by atoms with Gasteiger partial charge >= 0.3 is 0 Å². The van der Waals surface area contributed by atoms with E-state index in [2.05, 4.69) is 83.8 Å². The standard InChI is InChI=1S/C15H33NS2/c1-13(2)16(9-11-17-14(3,4)5)10-12-18-15(6,7)8/h13H,9-12H2,1-8H3. The van der Waals surface area contributed by atoms with Gasteiger partial charge in [0.1, 0.15) is 0 Å². The number of thioether (sulfide) groups is 2. The van der Waals surface area contributed by atoms with Crippen LogP contribution < -0.4 is 0 Å². The number of hydrogen-bond acceptors (Lipinski definition) is 3. The number of rotatable bonds is 7. The average molecular weight is 292 g/mol. The van der Waals surface area contributed by atoms with Gasteiger partial charge in [0, 0.05) is 40.1 Å². The Morgan fingerprint density at radius 2 is 1.11 bits per heavy atom. The maximum atomic E-state index is 2.61. The van der Waals surface area contributed by atoms with Gasteiger partial charge in [-0.1, -0.05) is 41.5 Å². The molecule has 110 valence electrons. The maximum Gasteiger partial charge on any atom is 0.00756 e. The number of hydrogen-bond donors (Lipinski definition) is 0. The molecular weight excluding hydrogens is 258 g/mol. The molecule has 0 aromatic heterocycles. The SMILES string of the molecule is CC(C)N(CCSC(C)(C)C)CCSC(C)(C)C. The Kier molecular flexibility index (Phi) is 8.36. The third-order valence-electron chi connectivity index (χ3n) is 2.56. The quantitative estimate of drug-likeness (QED) is 0.666. The average Bonchev–Trinajstić information content (AvgIpc) is 2.11. The molecule has 0 aliphatic carbocycles. The van der Waals surface area contributed by atoms with Gasteiger partial charge in [-0.25, -0.2) is 0 Å². The van der Waals surface area contributed by atoms with Crippen molar-refractivity contribution in [3.8, 4) is 0 Å². The Labute approximate surface area is 124 Å². The lowest BCUT2D eigenvalue weighted by molar-refractivity contribution is 0.250. The zero-order valence-electron chi connectivity index (χ0n) is 13.7. The normalized spacial score (nSPS) is 13.7. The highest BCUT2D eigenvalue weighted by Gasteiger charge is 2.15. The molecular formula is C15H33NS2. The Balaban J connectivity index is 3.94. The minimum absolute atomic E-state index is 0.392. The van der Waals surface area contributed by atoms with E-state index in [0.29, 0.717) is 15.5 Å². The first-order chi connectivity index (χ1) is 8.01. The Hall–Kier alpha value is 0.660. The lowest BCUT2D eigenvalue weighted by Gasteiger charge is -2.29. The van der Waals surface area contributed by atoms with Gasteiger partial charge in [0.05, 0.1) is 0 Å². The molecule has 0 fully saturated rings. The van der Waals surface area contributed by atoms with E-state index in [-0.39, 0.29) is 0 Å². The van der Waals surface area contributed by atoms with Crippen LogP contribution in [0.25, 0.3) is 0 Å². The zero-order valence-corrected chi connectivity index (χ0v) is 15.3. The van der Waals surface area contributed by atoms with E-state index in [1.54, 1.807) is 0 Å². The predicted octanol–water partition coefficient (Wildman–Crippen LogP) is 4.76. The van der Waals surface area contributed by atoms with Gasteiger partial charge in [0.25, 0.3) is 0 Å². The summed E-state index contributed by atoms with van der Waals surface area (Å²) in [7, 11) is 0. The number of nitrogens with zero attached hydrogens (tertiary/aromatic N) is 1. The molecule has 0 atom stereocenters. The molecule has 0 bridgehead atoms. The summed E-state index contributed by atoms with van der Waals surface area (Å²) >= 11 is 4.14. The molecule has 0 radical (unpaired) electrons. The van der Waals surface area contributed by atoms with E-state index in [1.807, 2.05) is 0 Å². The van der Waals surface area contributed by atoms with Gasteiger partial charge in [-0.05, 0) is 13.8 Å². The lowest BCUT2D eigenvalue weighted by atomic mass is 10.3. The van der Waals surface area contributed by atoms with Gasteiger partial charge < -0.3 is 0 Å². The summed E-state index contributed by atoms with van der Waals surface area (Å²) in [5.41, 5.74) is 0. The van der Waals surface area contributed by atoms with E-state index < -0.39 is 0 Å². The predicted molar refractivity (Wildman–Crippen MR) is 91.1 cm³/mol. The summed E-state index contributed by atoms with van der Waals surface area (Å²) in [5, 5.41) is 0. The van der Waals surface area contributed by atoms with Crippen molar-refractivity contribution in [3.05, 3.63) is 0 Å². The molecule has 1 nitrogen and oxygen atoms in total. The minimum Gasteiger partial charge on any atom is -0.299 e. The van der Waals surface area contributed by atoms with Crippen molar-refractivity contribution in [2.75, 3.05) is 24.6 Å². The topological polar surface area (TPSA) is 3.24 Å². The van der Waals surface area contributed by atoms with Crippen LogP contribution in [0.15, 0.2) is 0 Å². The molecule has 0 aliphatic heterocycles. The summed E-state index contributed by atoms with van der Waals surface area (Å²) in [6.45, 7) is 20.8. The molecule has 18 heavy (non-hydrogen) atoms. The van der Waals surface area contributed by atoms with Crippen LogP contribution >= 0.6 is 23.5 Å². The highest BCUT2D eigenvalue weighted by Crippen LogP contribution is 2.24. The van der Waals surface area contributed by atoms with E-state index in [9.17, 15) is 0 Å². The highest BCUT2D eigenvalue weighted by atomic mass is 32.2. The monoisotopic (exact) mass is 291 g/mol. The van der Waals surface area contributed by atoms with Crippen LogP contribution in [0.2, 0.25) is 0 Å². The molecule has 0 N–H and O–H groups in total. The van der Waals surface area contributed by atoms with Crippen molar-refractivity contribution in [1.82, 2.24) is 4.90 Å². The van der Waals surface area contributed by atoms with Crippen LogP contribution in [0.5, 0.6) is 0 Å². The second-order valence-corrected chi connectivity index (χ2v) is 10.9. The maximum absolute atomic E-state index is 2.61. The molecule has 0 aliphatic rings. The first-order valence-electron chi connectivity index (χ1n) is 7.03. The van der Waals surface area contributed by atoms with E-state index >= 15 is 0 Å². The molecule has 0 rings (SSSR count). The van der Waals surface area contributed by atoms with Crippen molar-refractivity contribution >= 4 is 23.5 Å². The Morgan fingerprint density at radius 1 is 0.778 bits per heavy atom. The molecule has 0 amide bonds. The van der Waals surface area contributed by atoms with Gasteiger partial charge in [0.2, 0.25) is 0 Å². The second kappa shape index (κ2) is 8.06. The summed E-state index contributed by atoms with van der Waals surface area (Å²) in [6, 6.07) is 0.658. The fourth-order valence-corrected chi connectivity index (χ4v) is 3.44. The van der Waals surface area contributed by atoms with Crippen LogP contribution in [-0.4, -0.2) is 45.0 Å². The largest absolute Gasteiger partial charge is 0.299 e. The smallest absolute Gasteiger partial charge is 0.00756 e. The summed E-state index contributed by atoms with van der Waals surface area (Å²) in [4.78, 5) is 2.61. The van der Waals surface area contributed by atoms with Crippen molar-refractivity contribution in [3.63, 3.8) is 0 Å². The van der Waals surface area contributed by atoms with Crippen LogP contribution in [-0.2, 0) is 0 Å². The minimum atomic E-state index is 0.392. The molecule has 0 unspecified atom stereocenters. The molecule has 0 aromatic rings. The molecule has 0 saturated carbocycles. The zero-order chi connectivity index (χ0) is 14.4. The Bertz CT molecular complexity index is 194. The van der Waals surface area contributed by atoms with Gasteiger partial charge in [-0.3, -0.25) is 4.90 Å². The van der Waals surface area contributed by atoms with Crippen LogP contribution in [0.1, 0.15) is 55.4 Å². The molecule has 0 spiro atoms. The van der Waals surface area contributed by atoms with Crippen molar-refractivity contribution in [2.24, 2.45) is 0 Å². The van der Waals surface area contributed by atoms with Crippen molar-refractivity contribution < 1.29 is 0 Å². The van der Waals surface area contributed by atoms with Crippen LogP contribution in [0.3, 0.4) is 0 Å². The molecule has 0 heterocycles. The van der Waals surface area contributed by atoms with Gasteiger partial charge in [-0.15, -0.1) is 0 Å². The Morgan fingerprint density at radius 3 is 1.33 bits per heavy atom. The highest BCUT2D eigenvalue weighted by molar-refractivity contribution is 8.00. The molecule has 0 saturated heterocycles. The van der Waals surface area contributed by atoms with E-state index in [0.717, 1.165) is 0 Å². The molecule has 3 heteroatoms. The fourth-order valence-electron chi connectivity index (χ4n) is 1.57. The third kappa shape index (κ3) is 11.7. The first-order valence-corrected chi connectivity index (χ1v) is 9.00. The summed E-state index contributed by atoms with van der Waals surface area (Å²) in [6.07, 6.45) is 0. The van der Waals surface area contributed by atoms with Crippen LogP contribution in [0, 0.1) is 0 Å². The van der Waals surface area contributed by atoms with Crippen molar-refractivity contribution in [1.29, 1.82) is 0 Å². The van der Waals surface area contributed by atoms with Crippen LogP contribution in [0.4, 0.5) is 0 Å². The van der Waals surface area contributed by atoms with Crippen molar-refractivity contribution in [2.45, 2.75) is 70.9 Å². The fraction of sp³-hybridized carbons (Fsp3) is 1.00. The third-order valence-corrected chi connectivity index (χ3v) is 5.06.